The molecule has 0 saturated heterocycles. The van der Waals surface area contributed by atoms with E-state index in [0.717, 1.165) is 12.1 Å². The predicted molar refractivity (Wildman–Crippen MR) is 136 cm³/mol. The van der Waals surface area contributed by atoms with Gasteiger partial charge in [0.05, 0.1) is 6.42 Å². The van der Waals surface area contributed by atoms with E-state index in [1.54, 1.807) is 0 Å². The average molecular weight is 707 g/mol. The summed E-state index contributed by atoms with van der Waals surface area (Å²) in [6.07, 6.45) is -0.596. The van der Waals surface area contributed by atoms with E-state index in [1.807, 2.05) is 0 Å². The molecule has 0 aliphatic heterocycles. The maximum Gasteiger partial charge on any atom is 0.450 e. The zero-order chi connectivity index (χ0) is 34.1. The van der Waals surface area contributed by atoms with E-state index in [9.17, 15) is 66.0 Å². The van der Waals surface area contributed by atoms with Crippen molar-refractivity contribution < 1.29 is 79.6 Å². The van der Waals surface area contributed by atoms with Gasteiger partial charge in [-0.2, -0.15) is 34.8 Å². The highest BCUT2D eigenvalue weighted by Crippen LogP contribution is 2.51. The topological polar surface area (TPSA) is 205 Å². The summed E-state index contributed by atoms with van der Waals surface area (Å²) < 4.78 is 164. The third-order valence-electron chi connectivity index (χ3n) is 4.93. The van der Waals surface area contributed by atoms with Crippen LogP contribution in [0.3, 0.4) is 0 Å². The van der Waals surface area contributed by atoms with Crippen LogP contribution in [0.25, 0.3) is 0 Å². The quantitative estimate of drug-likeness (QED) is 0.0484. The van der Waals surface area contributed by atoms with Gasteiger partial charge in [0.2, 0.25) is 16.8 Å². The van der Waals surface area contributed by atoms with Crippen molar-refractivity contribution in [1.29, 1.82) is 0 Å². The number of halogens is 6. The Morgan fingerprint density at radius 2 is 1.43 bits per heavy atom. The van der Waals surface area contributed by atoms with Gasteiger partial charge < -0.3 is 19.0 Å². The molecule has 0 heterocycles. The van der Waals surface area contributed by atoms with Crippen LogP contribution in [0, 0.1) is 0 Å². The molecule has 14 nitrogen and oxygen atoms in total. The number of hydrogen-bond donors (Lipinski definition) is 3. The van der Waals surface area contributed by atoms with E-state index in [4.69, 9.17) is 9.47 Å². The van der Waals surface area contributed by atoms with Gasteiger partial charge in [-0.15, -0.1) is 4.13 Å². The molecule has 1 amide bonds. The van der Waals surface area contributed by atoms with Crippen LogP contribution in [-0.4, -0.2) is 79.3 Å². The Kier molecular flexibility index (Phi) is 13.2. The summed E-state index contributed by atoms with van der Waals surface area (Å²) >= 11 is 0. The lowest BCUT2D eigenvalue weighted by Crippen LogP contribution is -2.63. The molecule has 0 saturated carbocycles. The Morgan fingerprint density at radius 1 is 0.886 bits per heavy atom. The van der Waals surface area contributed by atoms with Gasteiger partial charge in [-0.1, -0.05) is 18.7 Å². The number of amides is 1. The number of ether oxygens (including phenoxy) is 2. The molecule has 0 radical (unpaired) electrons. The molecule has 0 atom stereocenters. The standard InChI is InChI=1S/C21H24F6N2O12S3/c1-13(2)18(32)40-12-11-39-17(31)8-7-16(30)28-10-9-14-3-5-15(6-4-14)41-44(37,38)21(26,27)19(22,23)20(24,25)43(35,36)29-42(33)34/h3-6,42H,1,7-12H2,2H3,(H,28,30)(H,29,33,34). The first-order valence-electron chi connectivity index (χ1n) is 11.6. The number of benzene rings is 1. The maximum absolute atomic E-state index is 14.1. The zero-order valence-corrected chi connectivity index (χ0v) is 24.7. The van der Waals surface area contributed by atoms with Crippen molar-refractivity contribution in [3.05, 3.63) is 42.0 Å². The minimum Gasteiger partial charge on any atom is -0.462 e. The Balaban J connectivity index is 2.69. The molecular weight excluding hydrogens is 682 g/mol. The first kappa shape index (κ1) is 38.6. The molecule has 1 rings (SSSR count). The number of carbonyl (C=O) groups excluding carboxylic acids is 3. The van der Waals surface area contributed by atoms with Crippen molar-refractivity contribution in [3.8, 4) is 5.75 Å². The van der Waals surface area contributed by atoms with E-state index in [2.05, 4.69) is 16.1 Å². The van der Waals surface area contributed by atoms with Gasteiger partial charge in [0, 0.05) is 18.5 Å². The summed E-state index contributed by atoms with van der Waals surface area (Å²) in [5, 5.41) is -11.4. The number of sulfonamides is 1. The Bertz CT molecular complexity index is 1520. The molecule has 2 N–H and O–H groups in total. The highest BCUT2D eigenvalue weighted by molar-refractivity contribution is 7.99. The Labute approximate surface area is 248 Å². The monoisotopic (exact) mass is 706 g/mol. The van der Waals surface area contributed by atoms with Gasteiger partial charge in [-0.25, -0.2) is 21.6 Å². The SMILES string of the molecule is C=C(C)C(=O)OCCOC(=O)CCC(=O)NCCc1ccc(OS(=O)(=O)C(F)(F)C(F)(F)C(F)(F)S(=O)(=O)N[SH](=O)=O)cc1. The summed E-state index contributed by atoms with van der Waals surface area (Å²) in [4.78, 5) is 34.6. The molecule has 0 fully saturated rings. The molecule has 0 unspecified atom stereocenters. The van der Waals surface area contributed by atoms with Crippen LogP contribution in [0.2, 0.25) is 0 Å². The minimum atomic E-state index is -7.23. The van der Waals surface area contributed by atoms with Gasteiger partial charge in [-0.05, 0) is 31.0 Å². The summed E-state index contributed by atoms with van der Waals surface area (Å²) in [6, 6.07) is 3.31. The summed E-state index contributed by atoms with van der Waals surface area (Å²) in [7, 11) is -18.7. The lowest BCUT2D eigenvalue weighted by molar-refractivity contribution is -0.245. The van der Waals surface area contributed by atoms with E-state index in [-0.39, 0.29) is 54.3 Å². The van der Waals surface area contributed by atoms with Gasteiger partial charge in [0.25, 0.3) is 10.0 Å². The zero-order valence-electron chi connectivity index (χ0n) is 22.2. The second-order valence-corrected chi connectivity index (χ2v) is 12.7. The fourth-order valence-corrected chi connectivity index (χ4v) is 5.36. The largest absolute Gasteiger partial charge is 0.462 e. The Hall–Kier alpha value is -3.44. The van der Waals surface area contributed by atoms with Gasteiger partial charge in [-0.3, -0.25) is 9.59 Å². The fourth-order valence-electron chi connectivity index (χ4n) is 2.68. The normalized spacial score (nSPS) is 12.8. The van der Waals surface area contributed by atoms with Crippen LogP contribution < -0.4 is 13.6 Å². The molecule has 250 valence electrons. The maximum atomic E-state index is 14.1. The number of nitrogens with one attached hydrogen (secondary N) is 2. The number of rotatable bonds is 18. The highest BCUT2D eigenvalue weighted by atomic mass is 32.3. The van der Waals surface area contributed by atoms with E-state index in [0.29, 0.717) is 12.1 Å². The van der Waals surface area contributed by atoms with Crippen molar-refractivity contribution in [2.45, 2.75) is 42.6 Å². The van der Waals surface area contributed by atoms with Crippen molar-refractivity contribution in [2.75, 3.05) is 19.8 Å². The third kappa shape index (κ3) is 9.79. The highest BCUT2D eigenvalue weighted by Gasteiger charge is 2.83. The molecule has 23 heteroatoms. The molecule has 1 aromatic carbocycles. The van der Waals surface area contributed by atoms with Crippen LogP contribution >= 0.6 is 0 Å². The van der Waals surface area contributed by atoms with Crippen molar-refractivity contribution in [2.24, 2.45) is 0 Å². The Morgan fingerprint density at radius 3 is 1.95 bits per heavy atom. The molecule has 44 heavy (non-hydrogen) atoms. The van der Waals surface area contributed by atoms with E-state index in [1.165, 1.54) is 6.92 Å². The molecule has 0 aliphatic rings. The molecule has 1 aromatic rings. The predicted octanol–water partition coefficient (Wildman–Crippen LogP) is 0.763. The number of alkyl halides is 6. The third-order valence-corrected chi connectivity index (χ3v) is 8.71. The molecule has 0 spiro atoms. The van der Waals surface area contributed by atoms with Crippen LogP contribution in [0.4, 0.5) is 26.3 Å². The molecule has 0 aliphatic carbocycles. The average Bonchev–Trinajstić information content (AvgIpc) is 2.89. The van der Waals surface area contributed by atoms with E-state index < -0.39 is 71.1 Å². The molecule has 0 bridgehead atoms. The second kappa shape index (κ2) is 15.0. The summed E-state index contributed by atoms with van der Waals surface area (Å²) in [6.45, 7) is 4.23. The number of esters is 2. The van der Waals surface area contributed by atoms with Crippen molar-refractivity contribution in [1.82, 2.24) is 9.44 Å². The van der Waals surface area contributed by atoms with Gasteiger partial charge in [0.15, 0.2) is 0 Å². The van der Waals surface area contributed by atoms with E-state index >= 15 is 0 Å². The molecule has 0 aromatic heterocycles. The summed E-state index contributed by atoms with van der Waals surface area (Å²) in [5.41, 5.74) is 0.431. The van der Waals surface area contributed by atoms with Crippen LogP contribution in [0.1, 0.15) is 25.3 Å². The smallest absolute Gasteiger partial charge is 0.450 e. The van der Waals surface area contributed by atoms with Crippen LogP contribution in [0.5, 0.6) is 5.75 Å². The lowest BCUT2D eigenvalue weighted by Gasteiger charge is -2.30. The first-order chi connectivity index (χ1) is 20.0. The first-order valence-corrected chi connectivity index (χ1v) is 15.6. The number of thiol groups is 1. The van der Waals surface area contributed by atoms with Crippen molar-refractivity contribution in [3.63, 3.8) is 0 Å². The minimum absolute atomic E-state index is 0.0184. The van der Waals surface area contributed by atoms with Crippen molar-refractivity contribution >= 4 is 48.9 Å². The van der Waals surface area contributed by atoms with Gasteiger partial charge in [0.1, 0.15) is 19.0 Å². The number of carbonyl (C=O) groups is 3. The lowest BCUT2D eigenvalue weighted by atomic mass is 10.1. The number of hydrogen-bond acceptors (Lipinski definition) is 12. The van der Waals surface area contributed by atoms with Crippen LogP contribution in [0.15, 0.2) is 36.4 Å². The summed E-state index contributed by atoms with van der Waals surface area (Å²) in [5.74, 6) is -10.4. The molecular formula is C21H24F6N2O12S3. The van der Waals surface area contributed by atoms with Gasteiger partial charge >= 0.3 is 38.5 Å². The fraction of sp³-hybridized carbons (Fsp3) is 0.476. The second-order valence-electron chi connectivity index (χ2n) is 8.38. The van der Waals surface area contributed by atoms with Crippen LogP contribution in [-0.2, 0) is 61.3 Å².